The molecule has 3 aromatic rings. The van der Waals surface area contributed by atoms with E-state index in [4.69, 9.17) is 34.8 Å². The third kappa shape index (κ3) is 7.38. The second kappa shape index (κ2) is 12.6. The van der Waals surface area contributed by atoms with Crippen molar-refractivity contribution in [3.05, 3.63) is 99.0 Å². The second-order valence-electron chi connectivity index (χ2n) is 8.28. The summed E-state index contributed by atoms with van der Waals surface area (Å²) in [7, 11) is -2.48. The van der Waals surface area contributed by atoms with Crippen LogP contribution in [0.25, 0.3) is 0 Å². The molecule has 0 bridgehead atoms. The molecule has 0 fully saturated rings. The van der Waals surface area contributed by atoms with Gasteiger partial charge in [-0.3, -0.25) is 13.9 Å². The molecule has 7 nitrogen and oxygen atoms in total. The van der Waals surface area contributed by atoms with Crippen molar-refractivity contribution in [3.8, 4) is 0 Å². The lowest BCUT2D eigenvalue weighted by Crippen LogP contribution is -2.53. The van der Waals surface area contributed by atoms with Crippen molar-refractivity contribution >= 4 is 62.3 Å². The number of likely N-dealkylation sites (N-methyl/N-ethyl adjacent to an activating group) is 1. The summed E-state index contributed by atoms with van der Waals surface area (Å²) >= 11 is 18.8. The minimum absolute atomic E-state index is 0.00724. The lowest BCUT2D eigenvalue weighted by Gasteiger charge is -2.33. The number of rotatable bonds is 10. The van der Waals surface area contributed by atoms with E-state index in [1.165, 1.54) is 30.1 Å². The highest BCUT2D eigenvalue weighted by Crippen LogP contribution is 2.34. The molecule has 0 aliphatic rings. The zero-order valence-corrected chi connectivity index (χ0v) is 23.3. The highest BCUT2D eigenvalue weighted by atomic mass is 35.5. The first-order valence-corrected chi connectivity index (χ1v) is 14.2. The van der Waals surface area contributed by atoms with Crippen molar-refractivity contribution in [2.75, 3.05) is 24.2 Å². The number of benzene rings is 3. The number of amides is 2. The molecule has 0 spiro atoms. The van der Waals surface area contributed by atoms with E-state index >= 15 is 0 Å². The van der Waals surface area contributed by atoms with E-state index in [1.807, 2.05) is 30.3 Å². The first-order valence-electron chi connectivity index (χ1n) is 11.2. The molecule has 0 unspecified atom stereocenters. The Hall–Kier alpha value is -2.78. The molecule has 0 radical (unpaired) electrons. The van der Waals surface area contributed by atoms with Crippen LogP contribution in [0.5, 0.6) is 0 Å². The van der Waals surface area contributed by atoms with Crippen LogP contribution in [0.2, 0.25) is 15.1 Å². The molecular weight excluding hydrogens is 557 g/mol. The summed E-state index contributed by atoms with van der Waals surface area (Å²) in [6.45, 7) is -0.629. The SMILES string of the molecule is CNC(=O)[C@H](Cc1ccccc1)N(Cc1ccccc1Cl)C(=O)CN(c1cccc(Cl)c1Cl)S(C)(=O)=O. The Bertz CT molecular complexity index is 1370. The third-order valence-corrected chi connectivity index (χ3v) is 8.00. The van der Waals surface area contributed by atoms with Crippen molar-refractivity contribution < 1.29 is 18.0 Å². The summed E-state index contributed by atoms with van der Waals surface area (Å²) in [6, 6.07) is 19.7. The highest BCUT2D eigenvalue weighted by Gasteiger charge is 2.33. The first-order chi connectivity index (χ1) is 17.5. The van der Waals surface area contributed by atoms with Crippen molar-refractivity contribution in [1.82, 2.24) is 10.2 Å². The number of anilines is 1. The van der Waals surface area contributed by atoms with E-state index in [1.54, 1.807) is 24.3 Å². The number of nitrogens with zero attached hydrogens (tertiary/aromatic N) is 2. The fourth-order valence-corrected chi connectivity index (χ4v) is 5.31. The van der Waals surface area contributed by atoms with Crippen LogP contribution in [0.1, 0.15) is 11.1 Å². The van der Waals surface area contributed by atoms with Gasteiger partial charge in [-0.15, -0.1) is 0 Å². The van der Waals surface area contributed by atoms with Gasteiger partial charge < -0.3 is 10.2 Å². The standard InChI is InChI=1S/C26H26Cl3N3O4S/c1-30-26(34)23(15-18-9-4-3-5-10-18)31(16-19-11-6-7-12-20(19)27)24(33)17-32(37(2,35)36)22-14-8-13-21(28)25(22)29/h3-14,23H,15-17H2,1-2H3,(H,30,34)/t23-/m0/s1. The van der Waals surface area contributed by atoms with Gasteiger partial charge in [0.1, 0.15) is 12.6 Å². The Morgan fingerprint density at radius 2 is 1.51 bits per heavy atom. The second-order valence-corrected chi connectivity index (χ2v) is 11.4. The monoisotopic (exact) mass is 581 g/mol. The number of carbonyl (C=O) groups excluding carboxylic acids is 2. The van der Waals surface area contributed by atoms with Crippen LogP contribution in [-0.4, -0.2) is 51.0 Å². The normalized spacial score (nSPS) is 12.0. The van der Waals surface area contributed by atoms with E-state index in [2.05, 4.69) is 5.32 Å². The average molecular weight is 583 g/mol. The van der Waals surface area contributed by atoms with Crippen molar-refractivity contribution in [1.29, 1.82) is 0 Å². The maximum atomic E-state index is 13.9. The molecule has 11 heteroatoms. The molecule has 0 aliphatic carbocycles. The molecule has 0 saturated carbocycles. The first kappa shape index (κ1) is 28.8. The van der Waals surface area contributed by atoms with Gasteiger partial charge in [-0.05, 0) is 29.3 Å². The zero-order valence-electron chi connectivity index (χ0n) is 20.2. The molecule has 3 aromatic carbocycles. The lowest BCUT2D eigenvalue weighted by molar-refractivity contribution is -0.139. The summed E-state index contributed by atoms with van der Waals surface area (Å²) in [6.07, 6.45) is 1.17. The van der Waals surface area contributed by atoms with Crippen molar-refractivity contribution in [2.45, 2.75) is 19.0 Å². The molecular formula is C26H26Cl3N3O4S. The van der Waals surface area contributed by atoms with E-state index in [9.17, 15) is 18.0 Å². The molecule has 0 saturated heterocycles. The van der Waals surface area contributed by atoms with Gasteiger partial charge in [0.15, 0.2) is 0 Å². The third-order valence-electron chi connectivity index (χ3n) is 5.70. The quantitative estimate of drug-likeness (QED) is 0.372. The van der Waals surface area contributed by atoms with Crippen LogP contribution in [0.15, 0.2) is 72.8 Å². The van der Waals surface area contributed by atoms with Crippen LogP contribution in [0, 0.1) is 0 Å². The molecule has 0 heterocycles. The van der Waals surface area contributed by atoms with Crippen LogP contribution < -0.4 is 9.62 Å². The van der Waals surface area contributed by atoms with Gasteiger partial charge in [0.25, 0.3) is 0 Å². The predicted molar refractivity (Wildman–Crippen MR) is 149 cm³/mol. The zero-order chi connectivity index (χ0) is 27.2. The Kier molecular flexibility index (Phi) is 9.84. The molecule has 0 aromatic heterocycles. The van der Waals surface area contributed by atoms with Gasteiger partial charge in [-0.2, -0.15) is 0 Å². The van der Waals surface area contributed by atoms with Crippen LogP contribution in [-0.2, 0) is 32.6 Å². The lowest BCUT2D eigenvalue weighted by atomic mass is 10.0. The summed E-state index contributed by atoms with van der Waals surface area (Å²) < 4.78 is 26.4. The predicted octanol–water partition coefficient (Wildman–Crippen LogP) is 4.80. The van der Waals surface area contributed by atoms with Gasteiger partial charge in [0, 0.05) is 25.0 Å². The van der Waals surface area contributed by atoms with Crippen LogP contribution in [0.4, 0.5) is 5.69 Å². The Labute approximate surface area is 232 Å². The summed E-state index contributed by atoms with van der Waals surface area (Å²) in [4.78, 5) is 28.3. The topological polar surface area (TPSA) is 86.8 Å². The summed E-state index contributed by atoms with van der Waals surface area (Å²) in [5.41, 5.74) is 1.49. The van der Waals surface area contributed by atoms with E-state index in [-0.39, 0.29) is 28.7 Å². The average Bonchev–Trinajstić information content (AvgIpc) is 2.87. The van der Waals surface area contributed by atoms with Gasteiger partial charge in [0.2, 0.25) is 21.8 Å². The van der Waals surface area contributed by atoms with Crippen molar-refractivity contribution in [3.63, 3.8) is 0 Å². The number of sulfonamides is 1. The van der Waals surface area contributed by atoms with E-state index < -0.39 is 34.4 Å². The number of hydrogen-bond acceptors (Lipinski definition) is 4. The molecule has 0 aliphatic heterocycles. The smallest absolute Gasteiger partial charge is 0.244 e. The van der Waals surface area contributed by atoms with Crippen LogP contribution in [0.3, 0.4) is 0 Å². The summed E-state index contributed by atoms with van der Waals surface area (Å²) in [5, 5.41) is 3.16. The largest absolute Gasteiger partial charge is 0.357 e. The maximum absolute atomic E-state index is 13.9. The number of halogens is 3. The minimum Gasteiger partial charge on any atom is -0.357 e. The molecule has 3 rings (SSSR count). The fraction of sp³-hybridized carbons (Fsp3) is 0.231. The number of nitrogens with one attached hydrogen (secondary N) is 1. The maximum Gasteiger partial charge on any atom is 0.244 e. The van der Waals surface area contributed by atoms with Gasteiger partial charge in [0.05, 0.1) is 22.0 Å². The Morgan fingerprint density at radius 3 is 2.14 bits per heavy atom. The molecule has 2 amide bonds. The van der Waals surface area contributed by atoms with E-state index in [0.717, 1.165) is 16.1 Å². The Balaban J connectivity index is 2.07. The molecule has 196 valence electrons. The van der Waals surface area contributed by atoms with Gasteiger partial charge >= 0.3 is 0 Å². The Morgan fingerprint density at radius 1 is 0.892 bits per heavy atom. The number of carbonyl (C=O) groups is 2. The number of hydrogen-bond donors (Lipinski definition) is 1. The summed E-state index contributed by atoms with van der Waals surface area (Å²) in [5.74, 6) is -1.03. The van der Waals surface area contributed by atoms with Crippen LogP contribution >= 0.6 is 34.8 Å². The van der Waals surface area contributed by atoms with E-state index in [0.29, 0.717) is 10.6 Å². The van der Waals surface area contributed by atoms with Gasteiger partial charge in [-0.25, -0.2) is 8.42 Å². The highest BCUT2D eigenvalue weighted by molar-refractivity contribution is 7.92. The van der Waals surface area contributed by atoms with Gasteiger partial charge in [-0.1, -0.05) is 89.4 Å². The molecule has 1 N–H and O–H groups in total. The fourth-order valence-electron chi connectivity index (χ4n) is 3.81. The minimum atomic E-state index is -3.96. The van der Waals surface area contributed by atoms with Crippen molar-refractivity contribution in [2.24, 2.45) is 0 Å². The molecule has 37 heavy (non-hydrogen) atoms. The molecule has 1 atom stereocenters.